The highest BCUT2D eigenvalue weighted by atomic mass is 16.5. The monoisotopic (exact) mass is 243 g/mol. The zero-order valence-electron chi connectivity index (χ0n) is 11.5. The Bertz CT molecular complexity index is 190. The zero-order valence-corrected chi connectivity index (χ0v) is 11.5. The Morgan fingerprint density at radius 2 is 2.35 bits per heavy atom. The highest BCUT2D eigenvalue weighted by Crippen LogP contribution is 2.14. The summed E-state index contributed by atoms with van der Waals surface area (Å²) in [5, 5.41) is 3.64. The molecule has 1 saturated heterocycles. The fraction of sp³-hybridized carbons (Fsp3) is 1.00. The molecule has 3 N–H and O–H groups in total. The molecule has 4 nitrogen and oxygen atoms in total. The lowest BCUT2D eigenvalue weighted by molar-refractivity contribution is 0.150. The Balaban J connectivity index is 2.19. The molecular formula is C13H29N3O. The summed E-state index contributed by atoms with van der Waals surface area (Å²) in [6, 6.07) is 0.468. The normalized spacial score (nSPS) is 23.8. The number of hydrogen-bond acceptors (Lipinski definition) is 4. The summed E-state index contributed by atoms with van der Waals surface area (Å²) in [5.41, 5.74) is 5.55. The molecule has 0 amide bonds. The van der Waals surface area contributed by atoms with E-state index in [1.807, 2.05) is 0 Å². The van der Waals surface area contributed by atoms with Gasteiger partial charge in [-0.3, -0.25) is 0 Å². The second-order valence-electron chi connectivity index (χ2n) is 5.26. The number of piperidine rings is 1. The number of rotatable bonds is 8. The van der Waals surface area contributed by atoms with Crippen molar-refractivity contribution in [1.29, 1.82) is 0 Å². The highest BCUT2D eigenvalue weighted by molar-refractivity contribution is 4.75. The highest BCUT2D eigenvalue weighted by Gasteiger charge is 2.18. The topological polar surface area (TPSA) is 50.5 Å². The smallest absolute Gasteiger partial charge is 0.0615 e. The first-order valence-electron chi connectivity index (χ1n) is 6.87. The van der Waals surface area contributed by atoms with Crippen LogP contribution in [0.25, 0.3) is 0 Å². The molecule has 1 aliphatic rings. The van der Waals surface area contributed by atoms with Gasteiger partial charge in [-0.1, -0.05) is 0 Å². The summed E-state index contributed by atoms with van der Waals surface area (Å²) >= 11 is 0. The Hall–Kier alpha value is -0.160. The van der Waals surface area contributed by atoms with E-state index in [0.29, 0.717) is 6.04 Å². The van der Waals surface area contributed by atoms with Gasteiger partial charge in [0, 0.05) is 19.7 Å². The minimum absolute atomic E-state index is 0.468. The molecule has 0 spiro atoms. The van der Waals surface area contributed by atoms with Crippen LogP contribution in [0.4, 0.5) is 0 Å². The van der Waals surface area contributed by atoms with Gasteiger partial charge >= 0.3 is 0 Å². The molecule has 1 aliphatic heterocycles. The predicted octanol–water partition coefficient (Wildman–Crippen LogP) is 0.672. The first kappa shape index (κ1) is 14.9. The third-order valence-electron chi connectivity index (χ3n) is 3.54. The molecule has 102 valence electrons. The van der Waals surface area contributed by atoms with E-state index < -0.39 is 0 Å². The number of ether oxygens (including phenoxy) is 1. The molecule has 2 atom stereocenters. The molecule has 0 aromatic heterocycles. The molecule has 1 rings (SSSR count). The van der Waals surface area contributed by atoms with Crippen molar-refractivity contribution in [3.8, 4) is 0 Å². The molecule has 0 bridgehead atoms. The maximum Gasteiger partial charge on any atom is 0.0615 e. The van der Waals surface area contributed by atoms with Crippen LogP contribution in [0.5, 0.6) is 0 Å². The Kier molecular flexibility index (Phi) is 7.77. The number of nitrogens with zero attached hydrogens (tertiary/aromatic N) is 1. The quantitative estimate of drug-likeness (QED) is 0.658. The van der Waals surface area contributed by atoms with Gasteiger partial charge in [-0.15, -0.1) is 0 Å². The molecule has 1 heterocycles. The first-order valence-corrected chi connectivity index (χ1v) is 6.87. The van der Waals surface area contributed by atoms with E-state index in [9.17, 15) is 0 Å². The van der Waals surface area contributed by atoms with Crippen LogP contribution in [0.1, 0.15) is 25.7 Å². The van der Waals surface area contributed by atoms with Gasteiger partial charge in [-0.05, 0) is 58.3 Å². The Labute approximate surface area is 106 Å². The van der Waals surface area contributed by atoms with Crippen molar-refractivity contribution in [2.75, 3.05) is 46.9 Å². The van der Waals surface area contributed by atoms with Gasteiger partial charge in [0.15, 0.2) is 0 Å². The van der Waals surface area contributed by atoms with Gasteiger partial charge in [-0.25, -0.2) is 0 Å². The molecule has 2 unspecified atom stereocenters. The summed E-state index contributed by atoms with van der Waals surface area (Å²) in [7, 11) is 3.98. The number of likely N-dealkylation sites (tertiary alicyclic amines) is 1. The van der Waals surface area contributed by atoms with Crippen molar-refractivity contribution in [3.05, 3.63) is 0 Å². The fourth-order valence-corrected chi connectivity index (χ4v) is 2.58. The second kappa shape index (κ2) is 8.86. The van der Waals surface area contributed by atoms with Crippen molar-refractivity contribution in [3.63, 3.8) is 0 Å². The predicted molar refractivity (Wildman–Crippen MR) is 72.2 cm³/mol. The van der Waals surface area contributed by atoms with Crippen molar-refractivity contribution in [2.45, 2.75) is 31.7 Å². The lowest BCUT2D eigenvalue weighted by atomic mass is 9.98. The first-order chi connectivity index (χ1) is 8.26. The fourth-order valence-electron chi connectivity index (χ4n) is 2.58. The van der Waals surface area contributed by atoms with Crippen LogP contribution in [-0.4, -0.2) is 57.9 Å². The molecule has 0 aromatic rings. The molecule has 1 fully saturated rings. The largest absolute Gasteiger partial charge is 0.383 e. The molecule has 0 aromatic carbocycles. The van der Waals surface area contributed by atoms with Crippen molar-refractivity contribution >= 4 is 0 Å². The van der Waals surface area contributed by atoms with E-state index in [1.54, 1.807) is 7.11 Å². The third-order valence-corrected chi connectivity index (χ3v) is 3.54. The van der Waals surface area contributed by atoms with Crippen LogP contribution < -0.4 is 11.1 Å². The molecule has 17 heavy (non-hydrogen) atoms. The minimum atomic E-state index is 0.468. The molecule has 0 radical (unpaired) electrons. The van der Waals surface area contributed by atoms with Crippen LogP contribution in [0.2, 0.25) is 0 Å². The van der Waals surface area contributed by atoms with Crippen LogP contribution in [0.15, 0.2) is 0 Å². The molecule has 4 heteroatoms. The van der Waals surface area contributed by atoms with Crippen LogP contribution in [-0.2, 0) is 4.74 Å². The lowest BCUT2D eigenvalue weighted by Gasteiger charge is -2.31. The third kappa shape index (κ3) is 6.36. The molecule has 0 saturated carbocycles. The maximum absolute atomic E-state index is 5.55. The van der Waals surface area contributed by atoms with E-state index in [2.05, 4.69) is 17.3 Å². The number of hydrogen-bond donors (Lipinski definition) is 2. The number of nitrogens with two attached hydrogens (primary N) is 1. The van der Waals surface area contributed by atoms with Gasteiger partial charge in [-0.2, -0.15) is 0 Å². The maximum atomic E-state index is 5.55. The molecular weight excluding hydrogens is 214 g/mol. The molecule has 0 aliphatic carbocycles. The van der Waals surface area contributed by atoms with E-state index in [0.717, 1.165) is 38.5 Å². The van der Waals surface area contributed by atoms with E-state index >= 15 is 0 Å². The number of methoxy groups -OCH3 is 1. The standard InChI is InChI=1S/C13H29N3O/c1-16-8-4-5-12(10-16)9-15-13(11-17-2)6-3-7-14/h12-13,15H,3-11,14H2,1-2H3. The van der Waals surface area contributed by atoms with E-state index in [1.165, 1.54) is 25.9 Å². The average molecular weight is 243 g/mol. The summed E-state index contributed by atoms with van der Waals surface area (Å²) in [5.74, 6) is 0.797. The van der Waals surface area contributed by atoms with Gasteiger partial charge in [0.25, 0.3) is 0 Å². The Morgan fingerprint density at radius 3 is 3.00 bits per heavy atom. The van der Waals surface area contributed by atoms with Crippen molar-refractivity contribution in [2.24, 2.45) is 11.7 Å². The van der Waals surface area contributed by atoms with Gasteiger partial charge < -0.3 is 20.7 Å². The second-order valence-corrected chi connectivity index (χ2v) is 5.26. The average Bonchev–Trinajstić information content (AvgIpc) is 2.33. The summed E-state index contributed by atoms with van der Waals surface area (Å²) in [6.45, 7) is 5.16. The van der Waals surface area contributed by atoms with E-state index in [-0.39, 0.29) is 0 Å². The summed E-state index contributed by atoms with van der Waals surface area (Å²) < 4.78 is 5.25. The van der Waals surface area contributed by atoms with Crippen LogP contribution >= 0.6 is 0 Å². The van der Waals surface area contributed by atoms with E-state index in [4.69, 9.17) is 10.5 Å². The van der Waals surface area contributed by atoms with Crippen molar-refractivity contribution in [1.82, 2.24) is 10.2 Å². The summed E-state index contributed by atoms with van der Waals surface area (Å²) in [6.07, 6.45) is 4.88. The van der Waals surface area contributed by atoms with Crippen molar-refractivity contribution < 1.29 is 4.74 Å². The van der Waals surface area contributed by atoms with Gasteiger partial charge in [0.2, 0.25) is 0 Å². The lowest BCUT2D eigenvalue weighted by Crippen LogP contribution is -2.42. The van der Waals surface area contributed by atoms with Gasteiger partial charge in [0.1, 0.15) is 0 Å². The SMILES string of the molecule is COCC(CCCN)NCC1CCCN(C)C1. The van der Waals surface area contributed by atoms with Crippen LogP contribution in [0.3, 0.4) is 0 Å². The van der Waals surface area contributed by atoms with Gasteiger partial charge in [0.05, 0.1) is 6.61 Å². The minimum Gasteiger partial charge on any atom is -0.383 e. The summed E-state index contributed by atoms with van der Waals surface area (Å²) in [4.78, 5) is 2.43. The van der Waals surface area contributed by atoms with Crippen LogP contribution in [0, 0.1) is 5.92 Å². The zero-order chi connectivity index (χ0) is 12.5. The number of nitrogens with one attached hydrogen (secondary N) is 1. The Morgan fingerprint density at radius 1 is 1.53 bits per heavy atom.